The minimum atomic E-state index is -0.442. The predicted molar refractivity (Wildman–Crippen MR) is 75.1 cm³/mol. The smallest absolute Gasteiger partial charge is 0.276 e. The summed E-state index contributed by atoms with van der Waals surface area (Å²) in [5.74, 6) is 0.448. The number of rotatable bonds is 7. The van der Waals surface area contributed by atoms with E-state index in [4.69, 9.17) is 14.6 Å². The zero-order valence-corrected chi connectivity index (χ0v) is 12.4. The van der Waals surface area contributed by atoms with Gasteiger partial charge < -0.3 is 14.6 Å². The maximum Gasteiger partial charge on any atom is 0.276 e. The number of benzene rings is 1. The lowest BCUT2D eigenvalue weighted by Gasteiger charge is -2.21. The van der Waals surface area contributed by atoms with Crippen LogP contribution < -0.4 is 10.2 Å². The predicted octanol–water partition coefficient (Wildman–Crippen LogP) is 0.878. The molecular weight excluding hydrogens is 260 g/mol. The average molecular weight is 282 g/mol. The van der Waals surface area contributed by atoms with E-state index in [1.807, 2.05) is 32.9 Å². The van der Waals surface area contributed by atoms with Gasteiger partial charge in [0, 0.05) is 7.05 Å². The van der Waals surface area contributed by atoms with E-state index < -0.39 is 6.79 Å². The van der Waals surface area contributed by atoms with Crippen LogP contribution in [0.2, 0.25) is 0 Å². The molecule has 112 valence electrons. The van der Waals surface area contributed by atoms with Gasteiger partial charge in [0.1, 0.15) is 19.3 Å². The van der Waals surface area contributed by atoms with Crippen molar-refractivity contribution in [3.8, 4) is 5.75 Å². The number of amides is 1. The summed E-state index contributed by atoms with van der Waals surface area (Å²) >= 11 is 0. The van der Waals surface area contributed by atoms with Crippen LogP contribution in [-0.2, 0) is 9.53 Å². The van der Waals surface area contributed by atoms with Gasteiger partial charge in [0.05, 0.1) is 0 Å². The Bertz CT molecular complexity index is 439. The third-order valence-electron chi connectivity index (χ3n) is 2.83. The molecule has 1 amide bonds. The Kier molecular flexibility index (Phi) is 6.44. The van der Waals surface area contributed by atoms with E-state index in [0.717, 1.165) is 22.4 Å². The van der Waals surface area contributed by atoms with Gasteiger partial charge in [0.2, 0.25) is 0 Å². The molecule has 1 aromatic rings. The molecule has 1 rings (SSSR count). The minimum absolute atomic E-state index is 0.0406. The zero-order valence-electron chi connectivity index (χ0n) is 12.4. The van der Waals surface area contributed by atoms with Crippen molar-refractivity contribution in [1.29, 1.82) is 0 Å². The Balaban J connectivity index is 2.64. The number of hydrogen-bond donors (Lipinski definition) is 2. The quantitative estimate of drug-likeness (QED) is 0.574. The molecule has 0 aromatic heterocycles. The highest BCUT2D eigenvalue weighted by Gasteiger charge is 2.14. The summed E-state index contributed by atoms with van der Waals surface area (Å²) in [5, 5.41) is 9.81. The first-order valence-electron chi connectivity index (χ1n) is 6.36. The van der Waals surface area contributed by atoms with Gasteiger partial charge in [-0.15, -0.1) is 0 Å². The highest BCUT2D eigenvalue weighted by molar-refractivity contribution is 5.77. The maximum absolute atomic E-state index is 11.9. The molecule has 0 spiro atoms. The average Bonchev–Trinajstić information content (AvgIpc) is 2.38. The molecule has 0 aliphatic heterocycles. The summed E-state index contributed by atoms with van der Waals surface area (Å²) in [4.78, 5) is 11.9. The Morgan fingerprint density at radius 1 is 1.30 bits per heavy atom. The third kappa shape index (κ3) is 4.48. The topological polar surface area (TPSA) is 71.0 Å². The summed E-state index contributed by atoms with van der Waals surface area (Å²) in [6.45, 7) is 5.34. The fourth-order valence-corrected chi connectivity index (χ4v) is 2.00. The monoisotopic (exact) mass is 282 g/mol. The molecular formula is C14H22N2O4. The van der Waals surface area contributed by atoms with Crippen LogP contribution >= 0.6 is 0 Å². The number of hydrogen-bond acceptors (Lipinski definition) is 5. The molecule has 2 N–H and O–H groups in total. The SMILES string of the molecule is CNN(COCO)C(=O)COc1c(C)cc(C)cc1C. The van der Waals surface area contributed by atoms with Gasteiger partial charge in [-0.3, -0.25) is 4.79 Å². The third-order valence-corrected chi connectivity index (χ3v) is 2.83. The Morgan fingerprint density at radius 2 is 1.90 bits per heavy atom. The van der Waals surface area contributed by atoms with E-state index in [0.29, 0.717) is 0 Å². The molecule has 20 heavy (non-hydrogen) atoms. The lowest BCUT2D eigenvalue weighted by molar-refractivity contribution is -0.147. The molecule has 0 bridgehead atoms. The molecule has 0 radical (unpaired) electrons. The number of nitrogens with one attached hydrogen (secondary N) is 1. The first kappa shape index (κ1) is 16.4. The lowest BCUT2D eigenvalue weighted by Crippen LogP contribution is -2.44. The van der Waals surface area contributed by atoms with Crippen molar-refractivity contribution in [3.05, 3.63) is 28.8 Å². The minimum Gasteiger partial charge on any atom is -0.483 e. The molecule has 6 heteroatoms. The van der Waals surface area contributed by atoms with Crippen molar-refractivity contribution in [2.24, 2.45) is 0 Å². The van der Waals surface area contributed by atoms with Crippen LogP contribution in [0.1, 0.15) is 16.7 Å². The highest BCUT2D eigenvalue weighted by Crippen LogP contribution is 2.24. The Morgan fingerprint density at radius 3 is 2.40 bits per heavy atom. The van der Waals surface area contributed by atoms with Crippen LogP contribution in [0.25, 0.3) is 0 Å². The van der Waals surface area contributed by atoms with E-state index in [-0.39, 0.29) is 19.2 Å². The number of aryl methyl sites for hydroxylation is 3. The van der Waals surface area contributed by atoms with Gasteiger partial charge >= 0.3 is 0 Å². The number of aliphatic hydroxyl groups excluding tert-OH is 1. The molecule has 0 saturated heterocycles. The Hall–Kier alpha value is -1.63. The van der Waals surface area contributed by atoms with Crippen LogP contribution in [0.15, 0.2) is 12.1 Å². The van der Waals surface area contributed by atoms with Crippen molar-refractivity contribution >= 4 is 5.91 Å². The summed E-state index contributed by atoms with van der Waals surface area (Å²) in [7, 11) is 1.60. The summed E-state index contributed by atoms with van der Waals surface area (Å²) in [6, 6.07) is 4.02. The van der Waals surface area contributed by atoms with Crippen molar-refractivity contribution in [3.63, 3.8) is 0 Å². The zero-order chi connectivity index (χ0) is 15.1. The van der Waals surface area contributed by atoms with Crippen molar-refractivity contribution in [1.82, 2.24) is 10.4 Å². The number of carbonyl (C=O) groups excluding carboxylic acids is 1. The first-order valence-corrected chi connectivity index (χ1v) is 6.36. The van der Waals surface area contributed by atoms with Crippen LogP contribution in [0.4, 0.5) is 0 Å². The van der Waals surface area contributed by atoms with E-state index >= 15 is 0 Å². The van der Waals surface area contributed by atoms with Gasteiger partial charge in [-0.1, -0.05) is 17.7 Å². The highest BCUT2D eigenvalue weighted by atomic mass is 16.6. The van der Waals surface area contributed by atoms with E-state index in [1.165, 1.54) is 5.01 Å². The molecule has 0 aliphatic rings. The second-order valence-corrected chi connectivity index (χ2v) is 4.52. The number of carbonyl (C=O) groups is 1. The molecule has 6 nitrogen and oxygen atoms in total. The number of hydrazine groups is 1. The maximum atomic E-state index is 11.9. The second-order valence-electron chi connectivity index (χ2n) is 4.52. The molecule has 1 aromatic carbocycles. The van der Waals surface area contributed by atoms with E-state index in [1.54, 1.807) is 7.05 Å². The number of ether oxygens (including phenoxy) is 2. The molecule has 0 fully saturated rings. The standard InChI is InChI=1S/C14H22N2O4/c1-10-5-11(2)14(12(3)6-10)20-7-13(18)16(15-4)8-19-9-17/h5-6,15,17H,7-9H2,1-4H3. The van der Waals surface area contributed by atoms with Gasteiger partial charge in [0.25, 0.3) is 5.91 Å². The van der Waals surface area contributed by atoms with Gasteiger partial charge in [-0.2, -0.15) is 0 Å². The van der Waals surface area contributed by atoms with Crippen molar-refractivity contribution < 1.29 is 19.4 Å². The summed E-state index contributed by atoms with van der Waals surface area (Å²) in [5.41, 5.74) is 5.83. The van der Waals surface area contributed by atoms with Crippen molar-refractivity contribution in [2.75, 3.05) is 27.2 Å². The second kappa shape index (κ2) is 7.84. The van der Waals surface area contributed by atoms with Crippen LogP contribution in [0.3, 0.4) is 0 Å². The molecule has 0 atom stereocenters. The molecule has 0 heterocycles. The number of aliphatic hydroxyl groups is 1. The van der Waals surface area contributed by atoms with Gasteiger partial charge in [0.15, 0.2) is 6.61 Å². The molecule has 0 saturated carbocycles. The molecule has 0 aliphatic carbocycles. The largest absolute Gasteiger partial charge is 0.483 e. The van der Waals surface area contributed by atoms with E-state index in [2.05, 4.69) is 5.43 Å². The van der Waals surface area contributed by atoms with Crippen molar-refractivity contribution in [2.45, 2.75) is 20.8 Å². The summed E-state index contributed by atoms with van der Waals surface area (Å²) < 4.78 is 10.4. The first-order chi connectivity index (χ1) is 9.49. The van der Waals surface area contributed by atoms with Gasteiger partial charge in [-0.05, 0) is 31.9 Å². The van der Waals surface area contributed by atoms with Crippen LogP contribution in [-0.4, -0.2) is 43.2 Å². The van der Waals surface area contributed by atoms with Crippen LogP contribution in [0.5, 0.6) is 5.75 Å². The fourth-order valence-electron chi connectivity index (χ4n) is 2.00. The Labute approximate surface area is 119 Å². The lowest BCUT2D eigenvalue weighted by atomic mass is 10.1. The summed E-state index contributed by atoms with van der Waals surface area (Å²) in [6.07, 6.45) is 0. The van der Waals surface area contributed by atoms with E-state index in [9.17, 15) is 4.79 Å². The molecule has 0 unspecified atom stereocenters. The fraction of sp³-hybridized carbons (Fsp3) is 0.500. The van der Waals surface area contributed by atoms with Gasteiger partial charge in [-0.25, -0.2) is 10.4 Å². The van der Waals surface area contributed by atoms with Crippen LogP contribution in [0, 0.1) is 20.8 Å². The number of nitrogens with zero attached hydrogens (tertiary/aromatic N) is 1. The normalized spacial score (nSPS) is 10.4.